The third kappa shape index (κ3) is 4.19. The summed E-state index contributed by atoms with van der Waals surface area (Å²) in [6.07, 6.45) is 1.78. The molecule has 0 unspecified atom stereocenters. The van der Waals surface area contributed by atoms with Gasteiger partial charge in [0.2, 0.25) is 0 Å². The van der Waals surface area contributed by atoms with Crippen molar-refractivity contribution in [1.29, 1.82) is 0 Å². The Hall–Kier alpha value is -2.69. The molecule has 5 heteroatoms. The van der Waals surface area contributed by atoms with Gasteiger partial charge < -0.3 is 19.5 Å². The van der Waals surface area contributed by atoms with Gasteiger partial charge in [-0.15, -0.1) is 0 Å². The first-order chi connectivity index (χ1) is 11.7. The topological polar surface area (TPSA) is 56.8 Å². The molecule has 1 N–H and O–H groups in total. The number of rotatable bonds is 5. The van der Waals surface area contributed by atoms with E-state index in [4.69, 9.17) is 14.2 Å². The summed E-state index contributed by atoms with van der Waals surface area (Å²) in [5.41, 5.74) is 1.84. The highest BCUT2D eigenvalue weighted by Crippen LogP contribution is 2.32. The van der Waals surface area contributed by atoms with Crippen LogP contribution in [-0.4, -0.2) is 25.7 Å². The van der Waals surface area contributed by atoms with Crippen LogP contribution in [0.2, 0.25) is 0 Å². The predicted molar refractivity (Wildman–Crippen MR) is 92.0 cm³/mol. The molecule has 1 aliphatic rings. The molecule has 0 spiro atoms. The van der Waals surface area contributed by atoms with E-state index in [0.717, 1.165) is 12.8 Å². The van der Waals surface area contributed by atoms with Crippen LogP contribution in [0.5, 0.6) is 17.2 Å². The summed E-state index contributed by atoms with van der Waals surface area (Å²) in [5.74, 6) is 1.84. The first-order valence-electron chi connectivity index (χ1n) is 8.16. The summed E-state index contributed by atoms with van der Waals surface area (Å²) >= 11 is 0. The van der Waals surface area contributed by atoms with Crippen LogP contribution < -0.4 is 19.5 Å². The first kappa shape index (κ1) is 16.2. The third-order valence-corrected chi connectivity index (χ3v) is 3.71. The molecule has 0 bridgehead atoms. The minimum atomic E-state index is -0.216. The number of carbonyl (C=O) groups is 1. The van der Waals surface area contributed by atoms with E-state index in [1.54, 1.807) is 12.1 Å². The maximum Gasteiger partial charge on any atom is 0.262 e. The van der Waals surface area contributed by atoms with E-state index in [9.17, 15) is 4.79 Å². The fourth-order valence-corrected chi connectivity index (χ4v) is 2.44. The van der Waals surface area contributed by atoms with Crippen molar-refractivity contribution in [3.05, 3.63) is 48.0 Å². The van der Waals surface area contributed by atoms with Gasteiger partial charge in [-0.05, 0) is 36.2 Å². The second-order valence-electron chi connectivity index (χ2n) is 5.55. The van der Waals surface area contributed by atoms with E-state index >= 15 is 0 Å². The van der Waals surface area contributed by atoms with Crippen LogP contribution in [0.3, 0.4) is 0 Å². The molecule has 0 fully saturated rings. The van der Waals surface area contributed by atoms with Gasteiger partial charge in [0, 0.05) is 18.2 Å². The van der Waals surface area contributed by atoms with Crippen molar-refractivity contribution < 1.29 is 19.0 Å². The van der Waals surface area contributed by atoms with Crippen molar-refractivity contribution in [2.24, 2.45) is 0 Å². The summed E-state index contributed by atoms with van der Waals surface area (Å²) in [6, 6.07) is 13.1. The maximum atomic E-state index is 12.1. The highest BCUT2D eigenvalue weighted by molar-refractivity contribution is 5.92. The van der Waals surface area contributed by atoms with E-state index < -0.39 is 0 Å². The number of benzene rings is 2. The molecule has 5 nitrogen and oxygen atoms in total. The Kier molecular flexibility index (Phi) is 5.21. The van der Waals surface area contributed by atoms with Gasteiger partial charge in [0.1, 0.15) is 5.75 Å². The predicted octanol–water partition coefficient (Wildman–Crippen LogP) is 3.43. The quantitative estimate of drug-likeness (QED) is 0.914. The average Bonchev–Trinajstić information content (AvgIpc) is 2.85. The number of nitrogens with one attached hydrogen (secondary N) is 1. The summed E-state index contributed by atoms with van der Waals surface area (Å²) in [4.78, 5) is 12.1. The molecule has 2 aromatic rings. The molecule has 2 aromatic carbocycles. The van der Waals surface area contributed by atoms with E-state index in [0.29, 0.717) is 36.1 Å². The number of hydrogen-bond acceptors (Lipinski definition) is 4. The number of aryl methyl sites for hydroxylation is 1. The molecule has 0 aromatic heterocycles. The highest BCUT2D eigenvalue weighted by Gasteiger charge is 2.12. The monoisotopic (exact) mass is 327 g/mol. The fraction of sp³-hybridized carbons (Fsp3) is 0.316. The van der Waals surface area contributed by atoms with Crippen molar-refractivity contribution >= 4 is 11.6 Å². The molecule has 0 radical (unpaired) electrons. The SMILES string of the molecule is CCc1cccc(OCC(=O)Nc2ccc3c(c2)OCCCO3)c1. The van der Waals surface area contributed by atoms with Gasteiger partial charge in [-0.25, -0.2) is 0 Å². The van der Waals surface area contributed by atoms with Gasteiger partial charge in [0.05, 0.1) is 13.2 Å². The summed E-state index contributed by atoms with van der Waals surface area (Å²) in [7, 11) is 0. The van der Waals surface area contributed by atoms with Gasteiger partial charge in [0.25, 0.3) is 5.91 Å². The van der Waals surface area contributed by atoms with Crippen molar-refractivity contribution in [1.82, 2.24) is 0 Å². The Labute approximate surface area is 141 Å². The second kappa shape index (κ2) is 7.73. The van der Waals surface area contributed by atoms with Crippen LogP contribution in [-0.2, 0) is 11.2 Å². The van der Waals surface area contributed by atoms with Gasteiger partial charge in [0.15, 0.2) is 18.1 Å². The normalized spacial score (nSPS) is 13.0. The highest BCUT2D eigenvalue weighted by atomic mass is 16.5. The fourth-order valence-electron chi connectivity index (χ4n) is 2.44. The molecule has 0 saturated carbocycles. The molecular weight excluding hydrogens is 306 g/mol. The lowest BCUT2D eigenvalue weighted by atomic mass is 10.2. The lowest BCUT2D eigenvalue weighted by molar-refractivity contribution is -0.118. The Bertz CT molecular complexity index is 714. The number of carbonyl (C=O) groups excluding carboxylic acids is 1. The lowest BCUT2D eigenvalue weighted by Gasteiger charge is -2.11. The molecule has 0 atom stereocenters. The average molecular weight is 327 g/mol. The maximum absolute atomic E-state index is 12.1. The van der Waals surface area contributed by atoms with E-state index in [1.165, 1.54) is 5.56 Å². The van der Waals surface area contributed by atoms with Crippen molar-refractivity contribution in [3.8, 4) is 17.2 Å². The number of fused-ring (bicyclic) bond motifs is 1. The minimum absolute atomic E-state index is 0.0401. The minimum Gasteiger partial charge on any atom is -0.490 e. The van der Waals surface area contributed by atoms with E-state index in [1.807, 2.05) is 30.3 Å². The zero-order valence-corrected chi connectivity index (χ0v) is 13.7. The zero-order chi connectivity index (χ0) is 16.8. The molecule has 126 valence electrons. The van der Waals surface area contributed by atoms with Crippen LogP contribution in [0.25, 0.3) is 0 Å². The third-order valence-electron chi connectivity index (χ3n) is 3.71. The number of amides is 1. The van der Waals surface area contributed by atoms with Crippen molar-refractivity contribution in [2.75, 3.05) is 25.1 Å². The molecular formula is C19H21NO4. The standard InChI is InChI=1S/C19H21NO4/c1-2-14-5-3-6-16(11-14)24-13-19(21)20-15-7-8-17-18(12-15)23-10-4-9-22-17/h3,5-8,11-12H,2,4,9-10,13H2,1H3,(H,20,21). The van der Waals surface area contributed by atoms with Crippen LogP contribution >= 0.6 is 0 Å². The van der Waals surface area contributed by atoms with Gasteiger partial charge in [-0.2, -0.15) is 0 Å². The lowest BCUT2D eigenvalue weighted by Crippen LogP contribution is -2.20. The smallest absolute Gasteiger partial charge is 0.262 e. The number of hydrogen-bond donors (Lipinski definition) is 1. The number of anilines is 1. The van der Waals surface area contributed by atoms with Gasteiger partial charge in [-0.1, -0.05) is 19.1 Å². The molecule has 0 aliphatic carbocycles. The second-order valence-corrected chi connectivity index (χ2v) is 5.55. The molecule has 24 heavy (non-hydrogen) atoms. The number of ether oxygens (including phenoxy) is 3. The van der Waals surface area contributed by atoms with Crippen molar-refractivity contribution in [2.45, 2.75) is 19.8 Å². The molecule has 3 rings (SSSR count). The van der Waals surface area contributed by atoms with Crippen molar-refractivity contribution in [3.63, 3.8) is 0 Å². The Balaban J connectivity index is 1.57. The van der Waals surface area contributed by atoms with Crippen LogP contribution in [0, 0.1) is 0 Å². The van der Waals surface area contributed by atoms with E-state index in [-0.39, 0.29) is 12.5 Å². The van der Waals surface area contributed by atoms with Crippen LogP contribution in [0.4, 0.5) is 5.69 Å². The van der Waals surface area contributed by atoms with Gasteiger partial charge >= 0.3 is 0 Å². The Morgan fingerprint density at radius 3 is 2.79 bits per heavy atom. The Morgan fingerprint density at radius 1 is 1.12 bits per heavy atom. The molecule has 1 aliphatic heterocycles. The summed E-state index contributed by atoms with van der Waals surface area (Å²) in [5, 5.41) is 2.81. The molecule has 1 amide bonds. The summed E-state index contributed by atoms with van der Waals surface area (Å²) in [6.45, 7) is 3.29. The first-order valence-corrected chi connectivity index (χ1v) is 8.16. The summed E-state index contributed by atoms with van der Waals surface area (Å²) < 4.78 is 16.7. The molecule has 0 saturated heterocycles. The largest absolute Gasteiger partial charge is 0.490 e. The molecule has 1 heterocycles. The van der Waals surface area contributed by atoms with Crippen LogP contribution in [0.1, 0.15) is 18.9 Å². The van der Waals surface area contributed by atoms with E-state index in [2.05, 4.69) is 12.2 Å². The Morgan fingerprint density at radius 2 is 1.96 bits per heavy atom. The zero-order valence-electron chi connectivity index (χ0n) is 13.7. The van der Waals surface area contributed by atoms with Gasteiger partial charge in [-0.3, -0.25) is 4.79 Å². The van der Waals surface area contributed by atoms with Crippen LogP contribution in [0.15, 0.2) is 42.5 Å².